The summed E-state index contributed by atoms with van der Waals surface area (Å²) >= 11 is 6.10. The molecule has 0 saturated heterocycles. The smallest absolute Gasteiger partial charge is 0.250 e. The third-order valence-corrected chi connectivity index (χ3v) is 3.97. The van der Waals surface area contributed by atoms with Gasteiger partial charge in [-0.05, 0) is 26.0 Å². The van der Waals surface area contributed by atoms with Gasteiger partial charge in [0.15, 0.2) is 0 Å². The molecule has 108 valence electrons. The quantitative estimate of drug-likeness (QED) is 0.746. The van der Waals surface area contributed by atoms with Gasteiger partial charge in [0.25, 0.3) is 5.91 Å². The van der Waals surface area contributed by atoms with Gasteiger partial charge in [0.2, 0.25) is 0 Å². The van der Waals surface area contributed by atoms with E-state index >= 15 is 0 Å². The standard InChI is InChI=1S/C14H14ClN5O/c1-9-14(15)10(2)19(17-9)8-7-13(21)20-12-6-4-3-5-11(12)16-18-20/h3-6H,7-8H2,1-2H3. The highest BCUT2D eigenvalue weighted by molar-refractivity contribution is 6.31. The number of aromatic nitrogens is 5. The van der Waals surface area contributed by atoms with Gasteiger partial charge in [0, 0.05) is 6.42 Å². The highest BCUT2D eigenvalue weighted by atomic mass is 35.5. The topological polar surface area (TPSA) is 65.6 Å². The summed E-state index contributed by atoms with van der Waals surface area (Å²) < 4.78 is 3.08. The van der Waals surface area contributed by atoms with Crippen LogP contribution >= 0.6 is 11.6 Å². The van der Waals surface area contributed by atoms with Crippen LogP contribution in [0.4, 0.5) is 0 Å². The zero-order valence-corrected chi connectivity index (χ0v) is 12.5. The van der Waals surface area contributed by atoms with Gasteiger partial charge in [0.05, 0.1) is 28.5 Å². The third kappa shape index (κ3) is 2.42. The fourth-order valence-electron chi connectivity index (χ4n) is 2.25. The van der Waals surface area contributed by atoms with E-state index in [1.807, 2.05) is 38.1 Å². The maximum atomic E-state index is 12.3. The Morgan fingerprint density at radius 3 is 2.76 bits per heavy atom. The summed E-state index contributed by atoms with van der Waals surface area (Å²) in [5, 5.41) is 12.9. The summed E-state index contributed by atoms with van der Waals surface area (Å²) in [6, 6.07) is 7.38. The number of para-hydroxylation sites is 1. The highest BCUT2D eigenvalue weighted by Gasteiger charge is 2.14. The Balaban J connectivity index is 1.79. The minimum atomic E-state index is -0.118. The second kappa shape index (κ2) is 5.29. The van der Waals surface area contributed by atoms with Crippen LogP contribution in [0, 0.1) is 13.8 Å². The maximum absolute atomic E-state index is 12.3. The van der Waals surface area contributed by atoms with E-state index in [-0.39, 0.29) is 12.3 Å². The summed E-state index contributed by atoms with van der Waals surface area (Å²) in [4.78, 5) is 12.3. The van der Waals surface area contributed by atoms with Gasteiger partial charge in [-0.2, -0.15) is 9.78 Å². The van der Waals surface area contributed by atoms with Gasteiger partial charge >= 0.3 is 0 Å². The van der Waals surface area contributed by atoms with Crippen molar-refractivity contribution >= 4 is 28.5 Å². The molecule has 0 aliphatic rings. The summed E-state index contributed by atoms with van der Waals surface area (Å²) in [7, 11) is 0. The fourth-order valence-corrected chi connectivity index (χ4v) is 2.39. The van der Waals surface area contributed by atoms with Gasteiger partial charge in [-0.15, -0.1) is 5.10 Å². The molecular formula is C14H14ClN5O. The van der Waals surface area contributed by atoms with Crippen molar-refractivity contribution in [3.05, 3.63) is 40.7 Å². The van der Waals surface area contributed by atoms with Crippen molar-refractivity contribution in [1.29, 1.82) is 0 Å². The molecule has 2 aromatic heterocycles. The van der Waals surface area contributed by atoms with Crippen LogP contribution in [0.3, 0.4) is 0 Å². The summed E-state index contributed by atoms with van der Waals surface area (Å²) in [6.07, 6.45) is 0.283. The monoisotopic (exact) mass is 303 g/mol. The number of carbonyl (C=O) groups is 1. The number of benzene rings is 1. The molecule has 2 heterocycles. The van der Waals surface area contributed by atoms with Gasteiger partial charge < -0.3 is 0 Å². The molecule has 0 N–H and O–H groups in total. The lowest BCUT2D eigenvalue weighted by atomic mass is 10.3. The van der Waals surface area contributed by atoms with Crippen molar-refractivity contribution in [3.8, 4) is 0 Å². The molecule has 0 atom stereocenters. The largest absolute Gasteiger partial charge is 0.272 e. The molecule has 3 aromatic rings. The predicted octanol–water partition coefficient (Wildman–Crippen LogP) is 2.63. The van der Waals surface area contributed by atoms with Crippen LogP contribution in [-0.2, 0) is 6.54 Å². The van der Waals surface area contributed by atoms with E-state index in [0.717, 1.165) is 11.4 Å². The lowest BCUT2D eigenvalue weighted by Crippen LogP contribution is -2.16. The first kappa shape index (κ1) is 13.8. The lowest BCUT2D eigenvalue weighted by Gasteiger charge is -2.04. The molecule has 0 unspecified atom stereocenters. The van der Waals surface area contributed by atoms with Gasteiger partial charge in [0.1, 0.15) is 5.52 Å². The third-order valence-electron chi connectivity index (χ3n) is 3.42. The van der Waals surface area contributed by atoms with Crippen LogP contribution in [0.15, 0.2) is 24.3 Å². The first-order chi connectivity index (χ1) is 10.1. The molecule has 1 aromatic carbocycles. The fraction of sp³-hybridized carbons (Fsp3) is 0.286. The van der Waals surface area contributed by atoms with Crippen molar-refractivity contribution in [2.45, 2.75) is 26.8 Å². The van der Waals surface area contributed by atoms with Gasteiger partial charge in [-0.25, -0.2) is 0 Å². The van der Waals surface area contributed by atoms with Crippen molar-refractivity contribution in [2.75, 3.05) is 0 Å². The number of nitrogens with zero attached hydrogens (tertiary/aromatic N) is 5. The van der Waals surface area contributed by atoms with Crippen molar-refractivity contribution in [1.82, 2.24) is 24.8 Å². The molecule has 0 aliphatic heterocycles. The van der Waals surface area contributed by atoms with Gasteiger partial charge in [-0.1, -0.05) is 28.9 Å². The number of aryl methyl sites for hydroxylation is 2. The molecule has 0 spiro atoms. The van der Waals surface area contributed by atoms with E-state index in [4.69, 9.17) is 11.6 Å². The zero-order chi connectivity index (χ0) is 15.0. The average Bonchev–Trinajstić information content (AvgIpc) is 3.02. The minimum Gasteiger partial charge on any atom is -0.272 e. The molecule has 7 heteroatoms. The van der Waals surface area contributed by atoms with E-state index in [1.165, 1.54) is 4.68 Å². The first-order valence-electron chi connectivity index (χ1n) is 6.61. The molecule has 0 saturated carbocycles. The average molecular weight is 304 g/mol. The minimum absolute atomic E-state index is 0.118. The molecule has 0 bridgehead atoms. The van der Waals surface area contributed by atoms with E-state index in [2.05, 4.69) is 15.4 Å². The van der Waals surface area contributed by atoms with Crippen molar-refractivity contribution in [2.24, 2.45) is 0 Å². The Labute approximate surface area is 126 Å². The Hall–Kier alpha value is -2.21. The molecule has 0 amide bonds. The molecule has 21 heavy (non-hydrogen) atoms. The number of hydrogen-bond donors (Lipinski definition) is 0. The van der Waals surface area contributed by atoms with Crippen LogP contribution in [0.2, 0.25) is 5.02 Å². The molecule has 0 radical (unpaired) electrons. The second-order valence-corrected chi connectivity index (χ2v) is 5.22. The van der Waals surface area contributed by atoms with E-state index in [9.17, 15) is 4.79 Å². The molecule has 0 fully saturated rings. The normalized spacial score (nSPS) is 11.2. The number of carbonyl (C=O) groups excluding carboxylic acids is 1. The van der Waals surface area contributed by atoms with Gasteiger partial charge in [-0.3, -0.25) is 9.48 Å². The number of fused-ring (bicyclic) bond motifs is 1. The van der Waals surface area contributed by atoms with Crippen LogP contribution in [0.25, 0.3) is 11.0 Å². The Morgan fingerprint density at radius 1 is 1.29 bits per heavy atom. The Bertz CT molecular complexity index is 820. The molecule has 0 aliphatic carbocycles. The van der Waals surface area contributed by atoms with E-state index < -0.39 is 0 Å². The summed E-state index contributed by atoms with van der Waals surface area (Å²) in [5.74, 6) is -0.118. The highest BCUT2D eigenvalue weighted by Crippen LogP contribution is 2.19. The first-order valence-corrected chi connectivity index (χ1v) is 6.99. The van der Waals surface area contributed by atoms with Crippen LogP contribution in [-0.4, -0.2) is 30.7 Å². The van der Waals surface area contributed by atoms with Crippen LogP contribution < -0.4 is 0 Å². The zero-order valence-electron chi connectivity index (χ0n) is 11.7. The van der Waals surface area contributed by atoms with E-state index in [0.29, 0.717) is 22.6 Å². The van der Waals surface area contributed by atoms with Crippen LogP contribution in [0.5, 0.6) is 0 Å². The summed E-state index contributed by atoms with van der Waals surface area (Å²) in [6.45, 7) is 4.20. The van der Waals surface area contributed by atoms with E-state index in [1.54, 1.807) is 4.68 Å². The Morgan fingerprint density at radius 2 is 2.05 bits per heavy atom. The number of halogens is 1. The molecular weight excluding hydrogens is 290 g/mol. The maximum Gasteiger partial charge on any atom is 0.250 e. The Kier molecular flexibility index (Phi) is 3.47. The van der Waals surface area contributed by atoms with Crippen molar-refractivity contribution < 1.29 is 4.79 Å². The SMILES string of the molecule is Cc1nn(CCC(=O)n2nnc3ccccc32)c(C)c1Cl. The summed E-state index contributed by atoms with van der Waals surface area (Å²) in [5.41, 5.74) is 3.06. The number of hydrogen-bond acceptors (Lipinski definition) is 4. The second-order valence-electron chi connectivity index (χ2n) is 4.84. The molecule has 6 nitrogen and oxygen atoms in total. The number of rotatable bonds is 3. The molecule has 3 rings (SSSR count). The van der Waals surface area contributed by atoms with Crippen LogP contribution in [0.1, 0.15) is 22.6 Å². The predicted molar refractivity (Wildman–Crippen MR) is 79.5 cm³/mol. The van der Waals surface area contributed by atoms with Crippen molar-refractivity contribution in [3.63, 3.8) is 0 Å². The lowest BCUT2D eigenvalue weighted by molar-refractivity contribution is 0.0882.